The topological polar surface area (TPSA) is 38.7 Å². The first-order valence-corrected chi connectivity index (χ1v) is 7.31. The van der Waals surface area contributed by atoms with Crippen molar-refractivity contribution in [3.8, 4) is 17.2 Å². The molecule has 112 valence electrons. The summed E-state index contributed by atoms with van der Waals surface area (Å²) in [5.41, 5.74) is 1.99. The molecule has 0 unspecified atom stereocenters. The van der Waals surface area contributed by atoms with E-state index in [0.717, 1.165) is 12.0 Å². The van der Waals surface area contributed by atoms with Crippen molar-refractivity contribution in [3.05, 3.63) is 53.6 Å². The second kappa shape index (κ2) is 7.14. The molecule has 3 heteroatoms. The molecule has 0 aliphatic rings. The van der Waals surface area contributed by atoms with Crippen LogP contribution in [0.5, 0.6) is 17.2 Å². The summed E-state index contributed by atoms with van der Waals surface area (Å²) in [5.74, 6) is 2.02. The molecule has 0 saturated carbocycles. The highest BCUT2D eigenvalue weighted by atomic mass is 16.5. The summed E-state index contributed by atoms with van der Waals surface area (Å²) in [4.78, 5) is 0. The normalized spacial score (nSPS) is 12.0. The van der Waals surface area contributed by atoms with Gasteiger partial charge in [0.15, 0.2) is 11.5 Å². The molecule has 0 amide bonds. The van der Waals surface area contributed by atoms with Crippen LogP contribution in [0.1, 0.15) is 37.5 Å². The smallest absolute Gasteiger partial charge is 0.169 e. The first kappa shape index (κ1) is 15.4. The van der Waals surface area contributed by atoms with E-state index in [1.54, 1.807) is 7.11 Å². The van der Waals surface area contributed by atoms with E-state index in [0.29, 0.717) is 23.7 Å². The lowest BCUT2D eigenvalue weighted by molar-refractivity contribution is 0.170. The van der Waals surface area contributed by atoms with Crippen molar-refractivity contribution in [2.75, 3.05) is 7.11 Å². The van der Waals surface area contributed by atoms with Crippen molar-refractivity contribution < 1.29 is 14.6 Å². The number of benzene rings is 2. The number of hydrogen-bond donors (Lipinski definition) is 1. The Kier molecular flexibility index (Phi) is 5.23. The van der Waals surface area contributed by atoms with Gasteiger partial charge in [-0.25, -0.2) is 0 Å². The maximum Gasteiger partial charge on any atom is 0.169 e. The number of para-hydroxylation sites is 1. The zero-order valence-electron chi connectivity index (χ0n) is 12.8. The molecule has 0 aromatic heterocycles. The summed E-state index contributed by atoms with van der Waals surface area (Å²) < 4.78 is 11.4. The number of ether oxygens (including phenoxy) is 2. The van der Waals surface area contributed by atoms with Crippen LogP contribution in [0, 0.1) is 0 Å². The van der Waals surface area contributed by atoms with Gasteiger partial charge in [0.1, 0.15) is 5.75 Å². The molecule has 0 saturated heterocycles. The Morgan fingerprint density at radius 1 is 1.00 bits per heavy atom. The highest BCUT2D eigenvalue weighted by Crippen LogP contribution is 2.36. The van der Waals surface area contributed by atoms with E-state index in [2.05, 4.69) is 6.92 Å². The second-order valence-electron chi connectivity index (χ2n) is 4.90. The summed E-state index contributed by atoms with van der Waals surface area (Å²) in [7, 11) is 1.63. The van der Waals surface area contributed by atoms with Crippen molar-refractivity contribution in [2.45, 2.75) is 32.8 Å². The van der Waals surface area contributed by atoms with Crippen LogP contribution in [0.2, 0.25) is 0 Å². The van der Waals surface area contributed by atoms with Gasteiger partial charge in [-0.15, -0.1) is 0 Å². The van der Waals surface area contributed by atoms with E-state index in [1.807, 2.05) is 49.4 Å². The van der Waals surface area contributed by atoms with Gasteiger partial charge in [-0.05, 0) is 36.6 Å². The number of hydrogen-bond acceptors (Lipinski definition) is 3. The quantitative estimate of drug-likeness (QED) is 0.850. The predicted octanol–water partition coefficient (Wildman–Crippen LogP) is 4.49. The lowest BCUT2D eigenvalue weighted by Gasteiger charge is -2.16. The number of methoxy groups -OCH3 is 1. The van der Waals surface area contributed by atoms with Gasteiger partial charge < -0.3 is 14.6 Å². The summed E-state index contributed by atoms with van der Waals surface area (Å²) in [5, 5.41) is 10.1. The molecule has 1 atom stereocenters. The molecule has 2 rings (SSSR count). The average Bonchev–Trinajstić information content (AvgIpc) is 2.55. The van der Waals surface area contributed by atoms with Crippen LogP contribution in [0.15, 0.2) is 42.5 Å². The van der Waals surface area contributed by atoms with Crippen molar-refractivity contribution in [3.63, 3.8) is 0 Å². The van der Waals surface area contributed by atoms with Crippen molar-refractivity contribution in [2.24, 2.45) is 0 Å². The monoisotopic (exact) mass is 286 g/mol. The third-order valence-electron chi connectivity index (χ3n) is 3.52. The Morgan fingerprint density at radius 2 is 1.76 bits per heavy atom. The summed E-state index contributed by atoms with van der Waals surface area (Å²) in [6.45, 7) is 4.04. The van der Waals surface area contributed by atoms with E-state index >= 15 is 0 Å². The van der Waals surface area contributed by atoms with E-state index in [9.17, 15) is 5.11 Å². The molecule has 0 aliphatic heterocycles. The third kappa shape index (κ3) is 3.56. The lowest BCUT2D eigenvalue weighted by Crippen LogP contribution is -1.99. The fourth-order valence-electron chi connectivity index (χ4n) is 2.20. The maximum absolute atomic E-state index is 10.1. The predicted molar refractivity (Wildman–Crippen MR) is 84.1 cm³/mol. The van der Waals surface area contributed by atoms with Crippen LogP contribution >= 0.6 is 0 Å². The molecular weight excluding hydrogens is 264 g/mol. The zero-order chi connectivity index (χ0) is 15.2. The van der Waals surface area contributed by atoms with Gasteiger partial charge in [-0.2, -0.15) is 0 Å². The van der Waals surface area contributed by atoms with Crippen LogP contribution in [0.3, 0.4) is 0 Å². The van der Waals surface area contributed by atoms with Crippen LogP contribution < -0.4 is 9.47 Å². The molecule has 3 nitrogen and oxygen atoms in total. The van der Waals surface area contributed by atoms with Gasteiger partial charge >= 0.3 is 0 Å². The lowest BCUT2D eigenvalue weighted by atomic mass is 10.1. The van der Waals surface area contributed by atoms with Crippen LogP contribution in [0.4, 0.5) is 0 Å². The molecule has 0 radical (unpaired) electrons. The Balaban J connectivity index is 2.34. The molecule has 0 aliphatic carbocycles. The Hall–Kier alpha value is -2.00. The Morgan fingerprint density at radius 3 is 2.43 bits per heavy atom. The van der Waals surface area contributed by atoms with Crippen LogP contribution in [-0.4, -0.2) is 12.2 Å². The maximum atomic E-state index is 10.1. The summed E-state index contributed by atoms with van der Waals surface area (Å²) >= 11 is 0. The van der Waals surface area contributed by atoms with Gasteiger partial charge in [0, 0.05) is 5.56 Å². The molecule has 0 heterocycles. The molecule has 21 heavy (non-hydrogen) atoms. The minimum Gasteiger partial charge on any atom is -0.493 e. The van der Waals surface area contributed by atoms with E-state index in [1.165, 1.54) is 5.56 Å². The van der Waals surface area contributed by atoms with Gasteiger partial charge in [0.2, 0.25) is 0 Å². The number of rotatable bonds is 6. The minimum atomic E-state index is -0.526. The molecule has 0 fully saturated rings. The van der Waals surface area contributed by atoms with Crippen molar-refractivity contribution in [1.29, 1.82) is 0 Å². The molecule has 1 N–H and O–H groups in total. The summed E-state index contributed by atoms with van der Waals surface area (Å²) in [6.07, 6.45) is 1.07. The Labute approximate surface area is 126 Å². The minimum absolute atomic E-state index is 0.526. The van der Waals surface area contributed by atoms with Crippen molar-refractivity contribution >= 4 is 0 Å². The van der Waals surface area contributed by atoms with E-state index < -0.39 is 6.10 Å². The Bertz CT molecular complexity index is 593. The SMILES string of the molecule is CCc1ccc(Oc2ccccc2[C@@H](O)CC)c(OC)c1. The highest BCUT2D eigenvalue weighted by Gasteiger charge is 2.13. The molecule has 2 aromatic rings. The van der Waals surface area contributed by atoms with Gasteiger partial charge in [-0.1, -0.05) is 38.1 Å². The zero-order valence-corrected chi connectivity index (χ0v) is 12.8. The van der Waals surface area contributed by atoms with Gasteiger partial charge in [0.25, 0.3) is 0 Å². The van der Waals surface area contributed by atoms with Crippen LogP contribution in [-0.2, 0) is 6.42 Å². The van der Waals surface area contributed by atoms with Gasteiger partial charge in [0.05, 0.1) is 13.2 Å². The largest absolute Gasteiger partial charge is 0.493 e. The fourth-order valence-corrected chi connectivity index (χ4v) is 2.20. The van der Waals surface area contributed by atoms with E-state index in [4.69, 9.17) is 9.47 Å². The highest BCUT2D eigenvalue weighted by molar-refractivity contribution is 5.47. The number of aryl methyl sites for hydroxylation is 1. The molecule has 0 bridgehead atoms. The number of aliphatic hydroxyl groups is 1. The van der Waals surface area contributed by atoms with Gasteiger partial charge in [-0.3, -0.25) is 0 Å². The van der Waals surface area contributed by atoms with E-state index in [-0.39, 0.29) is 0 Å². The molecular formula is C18H22O3. The average molecular weight is 286 g/mol. The standard InChI is InChI=1S/C18H22O3/c1-4-13-10-11-17(18(12-13)20-3)21-16-9-7-6-8-14(16)15(19)5-2/h6-12,15,19H,4-5H2,1-3H3/t15-/m0/s1. The summed E-state index contributed by atoms with van der Waals surface area (Å²) in [6, 6.07) is 13.5. The van der Waals surface area contributed by atoms with Crippen molar-refractivity contribution in [1.82, 2.24) is 0 Å². The molecule has 0 spiro atoms. The first-order valence-electron chi connectivity index (χ1n) is 7.31. The first-order chi connectivity index (χ1) is 10.2. The third-order valence-corrected chi connectivity index (χ3v) is 3.52. The second-order valence-corrected chi connectivity index (χ2v) is 4.90. The number of aliphatic hydroxyl groups excluding tert-OH is 1. The molecule has 2 aromatic carbocycles. The fraction of sp³-hybridized carbons (Fsp3) is 0.333. The van der Waals surface area contributed by atoms with Crippen LogP contribution in [0.25, 0.3) is 0 Å².